The molecule has 212 valence electrons. The zero-order chi connectivity index (χ0) is 29.6. The molecule has 0 unspecified atom stereocenters. The lowest BCUT2D eigenvalue weighted by Gasteiger charge is -2.20. The summed E-state index contributed by atoms with van der Waals surface area (Å²) in [6.45, 7) is 1.93. The average molecular weight is 582 g/mol. The highest BCUT2D eigenvalue weighted by atomic mass is 32.2. The van der Waals surface area contributed by atoms with Gasteiger partial charge in [-0.1, -0.05) is 36.4 Å². The Morgan fingerprint density at radius 1 is 0.976 bits per heavy atom. The van der Waals surface area contributed by atoms with Gasteiger partial charge in [0.1, 0.15) is 23.6 Å². The number of nitrogens with two attached hydrogens (primary N) is 1. The van der Waals surface area contributed by atoms with Gasteiger partial charge >= 0.3 is 0 Å². The minimum atomic E-state index is -3.59. The van der Waals surface area contributed by atoms with E-state index in [1.54, 1.807) is 27.4 Å². The molecule has 3 heterocycles. The minimum absolute atomic E-state index is 0.154. The molecule has 0 aliphatic heterocycles. The van der Waals surface area contributed by atoms with Crippen LogP contribution in [0.2, 0.25) is 0 Å². The Labute approximate surface area is 241 Å². The quantitative estimate of drug-likeness (QED) is 0.283. The number of methoxy groups -OCH3 is 1. The van der Waals surface area contributed by atoms with Gasteiger partial charge in [-0.15, -0.1) is 0 Å². The number of hydrogen-bond donors (Lipinski definition) is 2. The fourth-order valence-electron chi connectivity index (χ4n) is 5.16. The molecule has 0 fully saturated rings. The predicted molar refractivity (Wildman–Crippen MR) is 164 cm³/mol. The number of ether oxygens (including phenoxy) is 1. The number of hydrogen-bond acceptors (Lipinski definition) is 8. The normalized spacial score (nSPS) is 12.5. The zero-order valence-corrected chi connectivity index (χ0v) is 23.8. The first-order valence-electron chi connectivity index (χ1n) is 13.0. The fourth-order valence-corrected chi connectivity index (χ4v) is 5.72. The van der Waals surface area contributed by atoms with Gasteiger partial charge in [0.25, 0.3) is 5.56 Å². The van der Waals surface area contributed by atoms with Crippen molar-refractivity contribution in [3.8, 4) is 22.7 Å². The van der Waals surface area contributed by atoms with Crippen LogP contribution in [0.15, 0.2) is 90.0 Å². The van der Waals surface area contributed by atoms with Crippen LogP contribution >= 0.6 is 0 Å². The largest absolute Gasteiger partial charge is 0.495 e. The molecular weight excluding hydrogens is 554 g/mol. The van der Waals surface area contributed by atoms with Crippen molar-refractivity contribution in [3.63, 3.8) is 0 Å². The molecule has 42 heavy (non-hydrogen) atoms. The lowest BCUT2D eigenvalue weighted by Crippen LogP contribution is -2.25. The van der Waals surface area contributed by atoms with Crippen molar-refractivity contribution in [2.45, 2.75) is 13.0 Å². The summed E-state index contributed by atoms with van der Waals surface area (Å²) in [5, 5.41) is 6.83. The zero-order valence-electron chi connectivity index (χ0n) is 23.0. The first-order valence-corrected chi connectivity index (χ1v) is 14.9. The van der Waals surface area contributed by atoms with E-state index in [1.807, 2.05) is 67.6 Å². The highest BCUT2D eigenvalue weighted by Gasteiger charge is 2.25. The molecule has 3 aromatic carbocycles. The maximum absolute atomic E-state index is 13.9. The molecule has 6 aromatic rings. The number of sulfonamides is 1. The monoisotopic (exact) mass is 581 g/mol. The molecule has 11 nitrogen and oxygen atoms in total. The van der Waals surface area contributed by atoms with Crippen molar-refractivity contribution in [2.24, 2.45) is 0 Å². The van der Waals surface area contributed by atoms with Crippen molar-refractivity contribution in [3.05, 3.63) is 101 Å². The predicted octanol–water partition coefficient (Wildman–Crippen LogP) is 4.37. The summed E-state index contributed by atoms with van der Waals surface area (Å²) in [5.74, 6) is 0.550. The van der Waals surface area contributed by atoms with Crippen LogP contribution in [0.3, 0.4) is 0 Å². The van der Waals surface area contributed by atoms with Crippen LogP contribution < -0.4 is 20.8 Å². The topological polar surface area (TPSA) is 147 Å². The Morgan fingerprint density at radius 3 is 2.45 bits per heavy atom. The highest BCUT2D eigenvalue weighted by molar-refractivity contribution is 7.92. The number of nitrogens with one attached hydrogen (secondary N) is 1. The number of nitrogen functional groups attached to an aromatic ring is 1. The van der Waals surface area contributed by atoms with Crippen molar-refractivity contribution < 1.29 is 13.2 Å². The standard InChI is InChI=1S/C30H27N7O4S/c1-18(24-16-19-9-7-8-12-22(19)30(38)36(24)21-10-5-4-6-11-21)37-29-26(28(31)32-17-33-29)27(34-37)20-13-14-25(41-2)23(15-20)35-42(3,39)40/h4-18,35H,1-3H3,(H2,31,32,33)/t18-/m0/s1. The molecule has 3 N–H and O–H groups in total. The first-order chi connectivity index (χ1) is 20.2. The molecule has 0 saturated carbocycles. The van der Waals surface area contributed by atoms with E-state index in [2.05, 4.69) is 14.7 Å². The van der Waals surface area contributed by atoms with Crippen molar-refractivity contribution >= 4 is 43.3 Å². The van der Waals surface area contributed by atoms with Crippen molar-refractivity contribution in [1.29, 1.82) is 0 Å². The van der Waals surface area contributed by atoms with E-state index in [0.717, 1.165) is 11.6 Å². The summed E-state index contributed by atoms with van der Waals surface area (Å²) in [4.78, 5) is 22.6. The van der Waals surface area contributed by atoms with Crippen LogP contribution in [0.25, 0.3) is 38.8 Å². The van der Waals surface area contributed by atoms with Crippen LogP contribution in [-0.2, 0) is 10.0 Å². The number of nitrogens with zero attached hydrogens (tertiary/aromatic N) is 5. The third kappa shape index (κ3) is 4.71. The second-order valence-corrected chi connectivity index (χ2v) is 11.6. The Hall–Kier alpha value is -5.23. The van der Waals surface area contributed by atoms with Crippen LogP contribution in [0.5, 0.6) is 5.75 Å². The van der Waals surface area contributed by atoms with E-state index in [-0.39, 0.29) is 17.1 Å². The lowest BCUT2D eigenvalue weighted by molar-refractivity contribution is 0.417. The number of aromatic nitrogens is 5. The lowest BCUT2D eigenvalue weighted by atomic mass is 10.1. The number of fused-ring (bicyclic) bond motifs is 2. The van der Waals surface area contributed by atoms with Gasteiger partial charge in [0.15, 0.2) is 5.65 Å². The maximum Gasteiger partial charge on any atom is 0.263 e. The maximum atomic E-state index is 13.9. The molecule has 0 aliphatic carbocycles. The van der Waals surface area contributed by atoms with Crippen LogP contribution in [0, 0.1) is 0 Å². The molecule has 12 heteroatoms. The van der Waals surface area contributed by atoms with Gasteiger partial charge in [0.2, 0.25) is 10.0 Å². The van der Waals surface area contributed by atoms with E-state index in [4.69, 9.17) is 15.6 Å². The number of benzene rings is 3. The SMILES string of the molecule is COc1ccc(-c2nn([C@@H](C)c3cc4ccccc4c(=O)n3-c3ccccc3)c3ncnc(N)c23)cc1NS(C)(=O)=O. The molecule has 3 aromatic heterocycles. The summed E-state index contributed by atoms with van der Waals surface area (Å²) >= 11 is 0. The Balaban J connectivity index is 1.60. The average Bonchev–Trinajstić information content (AvgIpc) is 3.37. The second kappa shape index (κ2) is 10.3. The van der Waals surface area contributed by atoms with Gasteiger partial charge in [0.05, 0.1) is 36.2 Å². The summed E-state index contributed by atoms with van der Waals surface area (Å²) in [6, 6.07) is 23.4. The Morgan fingerprint density at radius 2 is 1.71 bits per heavy atom. The van der Waals surface area contributed by atoms with Crippen LogP contribution in [0.1, 0.15) is 18.7 Å². The number of anilines is 2. The molecule has 0 amide bonds. The first kappa shape index (κ1) is 27.0. The van der Waals surface area contributed by atoms with Crippen molar-refractivity contribution in [2.75, 3.05) is 23.8 Å². The third-order valence-corrected chi connectivity index (χ3v) is 7.64. The number of para-hydroxylation sites is 1. The Bertz CT molecular complexity index is 2140. The second-order valence-electron chi connectivity index (χ2n) is 9.85. The van der Waals surface area contributed by atoms with Crippen molar-refractivity contribution in [1.82, 2.24) is 24.3 Å². The number of rotatable bonds is 7. The van der Waals surface area contributed by atoms with E-state index in [1.165, 1.54) is 13.4 Å². The highest BCUT2D eigenvalue weighted by Crippen LogP contribution is 2.37. The van der Waals surface area contributed by atoms with Crippen LogP contribution in [0.4, 0.5) is 11.5 Å². The number of pyridine rings is 1. The molecule has 0 saturated heterocycles. The van der Waals surface area contributed by atoms with E-state index in [9.17, 15) is 13.2 Å². The van der Waals surface area contributed by atoms with Crippen LogP contribution in [-0.4, -0.2) is 46.1 Å². The van der Waals surface area contributed by atoms with Gasteiger partial charge in [-0.05, 0) is 54.8 Å². The molecule has 0 aliphatic rings. The van der Waals surface area contributed by atoms with E-state index >= 15 is 0 Å². The van der Waals surface area contributed by atoms with Gasteiger partial charge in [-0.2, -0.15) is 5.10 Å². The smallest absolute Gasteiger partial charge is 0.263 e. The molecule has 0 radical (unpaired) electrons. The molecular formula is C30H27N7O4S. The summed E-state index contributed by atoms with van der Waals surface area (Å²) in [7, 11) is -2.14. The van der Waals surface area contributed by atoms with Gasteiger partial charge < -0.3 is 10.5 Å². The molecule has 0 spiro atoms. The molecule has 0 bridgehead atoms. The van der Waals surface area contributed by atoms with E-state index in [0.29, 0.717) is 44.8 Å². The molecule has 6 rings (SSSR count). The van der Waals surface area contributed by atoms with Gasteiger partial charge in [-0.3, -0.25) is 14.1 Å². The molecule has 1 atom stereocenters. The Kier molecular flexibility index (Phi) is 6.62. The summed E-state index contributed by atoms with van der Waals surface area (Å²) in [6.07, 6.45) is 2.42. The summed E-state index contributed by atoms with van der Waals surface area (Å²) in [5.41, 5.74) is 9.33. The minimum Gasteiger partial charge on any atom is -0.495 e. The third-order valence-electron chi connectivity index (χ3n) is 7.05. The van der Waals surface area contributed by atoms with Gasteiger partial charge in [-0.25, -0.2) is 23.1 Å². The summed E-state index contributed by atoms with van der Waals surface area (Å²) < 4.78 is 35.3. The van der Waals surface area contributed by atoms with E-state index < -0.39 is 16.1 Å². The fraction of sp³-hybridized carbons (Fsp3) is 0.133. The van der Waals surface area contributed by atoms with Gasteiger partial charge in [0, 0.05) is 16.6 Å².